The van der Waals surface area contributed by atoms with E-state index in [2.05, 4.69) is 86.1 Å². The van der Waals surface area contributed by atoms with Crippen LogP contribution in [-0.4, -0.2) is 53.9 Å². The second-order valence-corrected chi connectivity index (χ2v) is 10.8. The number of nitrogens with zero attached hydrogens (tertiary/aromatic N) is 13. The molecule has 0 aromatic carbocycles. The fraction of sp³-hybridized carbons (Fsp3) is 0.357. The summed E-state index contributed by atoms with van der Waals surface area (Å²) in [6.45, 7) is 1.24. The van der Waals surface area contributed by atoms with Gasteiger partial charge in [-0.25, -0.2) is 19.3 Å². The number of azide groups is 1. The fourth-order valence-corrected chi connectivity index (χ4v) is 5.00. The van der Waals surface area contributed by atoms with Gasteiger partial charge in [-0.05, 0) is 66.3 Å². The Balaban J connectivity index is 0.000000138. The van der Waals surface area contributed by atoms with Gasteiger partial charge in [-0.2, -0.15) is 0 Å². The predicted molar refractivity (Wildman–Crippen MR) is 151 cm³/mol. The average molecular weight is 564 g/mol. The zero-order chi connectivity index (χ0) is 28.5. The Hall–Kier alpha value is -5.07. The maximum atomic E-state index is 8.98. The summed E-state index contributed by atoms with van der Waals surface area (Å²) in [6, 6.07) is 8.46. The molecular formula is C28H29N13O. The van der Waals surface area contributed by atoms with Crippen LogP contribution in [0.3, 0.4) is 0 Å². The van der Waals surface area contributed by atoms with E-state index in [1.54, 1.807) is 21.8 Å². The Kier molecular flexibility index (Phi) is 6.82. The van der Waals surface area contributed by atoms with Crippen molar-refractivity contribution in [3.8, 4) is 0 Å². The van der Waals surface area contributed by atoms with Gasteiger partial charge in [-0.3, -0.25) is 0 Å². The molecular weight excluding hydrogens is 534 g/mol. The molecule has 6 heterocycles. The van der Waals surface area contributed by atoms with Gasteiger partial charge in [0.1, 0.15) is 17.0 Å². The highest BCUT2D eigenvalue weighted by atomic mass is 16.3. The molecule has 0 bridgehead atoms. The van der Waals surface area contributed by atoms with E-state index in [0.717, 1.165) is 34.5 Å². The van der Waals surface area contributed by atoms with Crippen LogP contribution in [0.4, 0.5) is 0 Å². The van der Waals surface area contributed by atoms with Crippen LogP contribution in [-0.2, 0) is 26.2 Å². The smallest absolute Gasteiger partial charge is 0.137 e. The van der Waals surface area contributed by atoms with Gasteiger partial charge in [0.05, 0.1) is 49.5 Å². The molecule has 14 nitrogen and oxygen atoms in total. The van der Waals surface area contributed by atoms with Crippen molar-refractivity contribution in [3.05, 3.63) is 106 Å². The van der Waals surface area contributed by atoms with Crippen molar-refractivity contribution in [1.29, 1.82) is 0 Å². The van der Waals surface area contributed by atoms with E-state index in [0.29, 0.717) is 24.5 Å². The minimum Gasteiger partial charge on any atom is -0.390 e. The largest absolute Gasteiger partial charge is 0.390 e. The second kappa shape index (κ2) is 11.1. The molecule has 0 atom stereocenters. The van der Waals surface area contributed by atoms with Crippen molar-refractivity contribution in [3.63, 3.8) is 0 Å². The summed E-state index contributed by atoms with van der Waals surface area (Å²) < 4.78 is 7.54. The third kappa shape index (κ3) is 5.85. The van der Waals surface area contributed by atoms with Gasteiger partial charge in [0.2, 0.25) is 0 Å². The third-order valence-electron chi connectivity index (χ3n) is 7.42. The van der Waals surface area contributed by atoms with Crippen molar-refractivity contribution < 1.29 is 5.11 Å². The predicted octanol–water partition coefficient (Wildman–Crippen LogP) is 4.01. The molecule has 0 spiro atoms. The number of rotatable bonds is 9. The van der Waals surface area contributed by atoms with Crippen LogP contribution in [0.2, 0.25) is 0 Å². The van der Waals surface area contributed by atoms with Crippen LogP contribution in [0, 0.1) is 0 Å². The Labute approximate surface area is 239 Å². The molecule has 2 saturated carbocycles. The van der Waals surface area contributed by atoms with Crippen LogP contribution in [0.15, 0.2) is 66.6 Å². The number of hydrogen-bond donors (Lipinski definition) is 1. The van der Waals surface area contributed by atoms with Crippen molar-refractivity contribution in [2.75, 3.05) is 0 Å². The van der Waals surface area contributed by atoms with Gasteiger partial charge < -0.3 is 13.9 Å². The first-order valence-electron chi connectivity index (χ1n) is 14.0. The van der Waals surface area contributed by atoms with Crippen LogP contribution < -0.4 is 0 Å². The number of imidazole rings is 2. The maximum absolute atomic E-state index is 8.98. The molecule has 0 amide bonds. The monoisotopic (exact) mass is 563 g/mol. The van der Waals surface area contributed by atoms with Crippen molar-refractivity contribution in [1.82, 2.24) is 48.8 Å². The summed E-state index contributed by atoms with van der Waals surface area (Å²) >= 11 is 0. The van der Waals surface area contributed by atoms with Gasteiger partial charge in [0, 0.05) is 35.9 Å². The SMILES string of the molecule is OCc1cn(Cc2cn3cc(C4CC4)ccc3n2)nn1.[N-]=[N+]=NCc1cn(Cc2cn3cc(C4CC4)ccc3n2)nn1. The molecule has 14 heteroatoms. The summed E-state index contributed by atoms with van der Waals surface area (Å²) in [7, 11) is 0. The highest BCUT2D eigenvalue weighted by molar-refractivity contribution is 5.43. The number of pyridine rings is 2. The number of hydrogen-bond acceptors (Lipinski definition) is 8. The molecule has 2 fully saturated rings. The number of fused-ring (bicyclic) bond motifs is 2. The van der Waals surface area contributed by atoms with Gasteiger partial charge in [-0.15, -0.1) is 10.2 Å². The minimum absolute atomic E-state index is 0.0874. The summed E-state index contributed by atoms with van der Waals surface area (Å²) in [5.41, 5.74) is 16.1. The van der Waals surface area contributed by atoms with Crippen LogP contribution in [0.5, 0.6) is 0 Å². The average Bonchev–Trinajstić information content (AvgIpc) is 3.85. The lowest BCUT2D eigenvalue weighted by Gasteiger charge is -1.98. The van der Waals surface area contributed by atoms with Gasteiger partial charge in [0.25, 0.3) is 0 Å². The summed E-state index contributed by atoms with van der Waals surface area (Å²) in [5.74, 6) is 1.47. The van der Waals surface area contributed by atoms with E-state index >= 15 is 0 Å². The molecule has 0 radical (unpaired) electrons. The molecule has 6 aromatic rings. The lowest BCUT2D eigenvalue weighted by Crippen LogP contribution is -2.00. The first-order chi connectivity index (χ1) is 20.6. The summed E-state index contributed by atoms with van der Waals surface area (Å²) in [4.78, 5) is 11.9. The number of aromatic nitrogens is 10. The van der Waals surface area contributed by atoms with Crippen LogP contribution >= 0.6 is 0 Å². The first-order valence-corrected chi connectivity index (χ1v) is 14.0. The lowest BCUT2D eigenvalue weighted by atomic mass is 10.2. The summed E-state index contributed by atoms with van der Waals surface area (Å²) in [5, 5.41) is 28.3. The van der Waals surface area contributed by atoms with Crippen molar-refractivity contribution in [2.24, 2.45) is 5.11 Å². The minimum atomic E-state index is -0.0874. The zero-order valence-corrected chi connectivity index (χ0v) is 22.8. The fourth-order valence-electron chi connectivity index (χ4n) is 5.00. The van der Waals surface area contributed by atoms with Crippen LogP contribution in [0.25, 0.3) is 21.7 Å². The zero-order valence-electron chi connectivity index (χ0n) is 22.8. The summed E-state index contributed by atoms with van der Waals surface area (Å²) in [6.07, 6.45) is 17.1. The highest BCUT2D eigenvalue weighted by Crippen LogP contribution is 2.40. The normalized spacial score (nSPS) is 14.6. The second-order valence-electron chi connectivity index (χ2n) is 10.8. The molecule has 6 aromatic heterocycles. The molecule has 42 heavy (non-hydrogen) atoms. The van der Waals surface area contributed by atoms with Crippen molar-refractivity contribution >= 4 is 11.3 Å². The van der Waals surface area contributed by atoms with E-state index in [4.69, 9.17) is 10.6 Å². The Morgan fingerprint density at radius 1 is 0.714 bits per heavy atom. The van der Waals surface area contributed by atoms with E-state index in [1.165, 1.54) is 36.8 Å². The third-order valence-corrected chi connectivity index (χ3v) is 7.42. The molecule has 0 aliphatic heterocycles. The molecule has 0 saturated heterocycles. The quantitative estimate of drug-likeness (QED) is 0.158. The number of aliphatic hydroxyl groups excluding tert-OH is 1. The number of aliphatic hydroxyl groups is 1. The topological polar surface area (TPSA) is 165 Å². The van der Waals surface area contributed by atoms with Crippen molar-refractivity contribution in [2.45, 2.75) is 63.8 Å². The first kappa shape index (κ1) is 25.9. The van der Waals surface area contributed by atoms with Gasteiger partial charge >= 0.3 is 0 Å². The molecule has 8 rings (SSSR count). The molecule has 2 aliphatic rings. The van der Waals surface area contributed by atoms with E-state index < -0.39 is 0 Å². The molecule has 1 N–H and O–H groups in total. The molecule has 212 valence electrons. The van der Waals surface area contributed by atoms with E-state index in [9.17, 15) is 0 Å². The van der Waals surface area contributed by atoms with E-state index in [-0.39, 0.29) is 13.2 Å². The maximum Gasteiger partial charge on any atom is 0.137 e. The van der Waals surface area contributed by atoms with E-state index in [1.807, 2.05) is 12.4 Å². The highest BCUT2D eigenvalue weighted by Gasteiger charge is 2.24. The molecule has 2 aliphatic carbocycles. The Bertz CT molecular complexity index is 1900. The van der Waals surface area contributed by atoms with Crippen LogP contribution in [0.1, 0.15) is 71.4 Å². The lowest BCUT2D eigenvalue weighted by molar-refractivity contribution is 0.276. The Morgan fingerprint density at radius 3 is 1.71 bits per heavy atom. The van der Waals surface area contributed by atoms with Gasteiger partial charge in [0.15, 0.2) is 0 Å². The van der Waals surface area contributed by atoms with Gasteiger partial charge in [-0.1, -0.05) is 27.7 Å². The standard InChI is InChI=1S/C14H14N8.C14H15N5O/c15-19-16-5-12-8-22(20-18-12)9-13-7-21-6-11(10-1-2-10)3-4-14(21)17-13;20-9-13-8-19(17-16-13)7-12-6-18-5-11(10-1-2-10)3-4-14(18)15-12/h3-4,6-8,10H,1-2,5,9H2;3-6,8,10,20H,1-2,7,9H2. The Morgan fingerprint density at radius 2 is 1.24 bits per heavy atom. The molecule has 0 unspecified atom stereocenters.